The highest BCUT2D eigenvalue weighted by Crippen LogP contribution is 2.32. The molecule has 0 aliphatic heterocycles. The van der Waals surface area contributed by atoms with Crippen LogP contribution in [0.25, 0.3) is 0 Å². The molecule has 3 N–H and O–H groups in total. The molecule has 0 spiro atoms. The lowest BCUT2D eigenvalue weighted by molar-refractivity contribution is -0.123. The average Bonchev–Trinajstić information content (AvgIpc) is 3.01. The molecule has 1 aromatic rings. The number of rotatable bonds is 4. The highest BCUT2D eigenvalue weighted by molar-refractivity contribution is 9.10. The molecule has 1 atom stereocenters. The number of nitrogens with one attached hydrogen (secondary N) is 1. The molecule has 0 bridgehead atoms. The van der Waals surface area contributed by atoms with Crippen molar-refractivity contribution in [3.63, 3.8) is 0 Å². The van der Waals surface area contributed by atoms with Crippen LogP contribution in [0.5, 0.6) is 0 Å². The van der Waals surface area contributed by atoms with Gasteiger partial charge in [0.15, 0.2) is 0 Å². The molecule has 0 saturated heterocycles. The predicted molar refractivity (Wildman–Crippen MR) is 78.9 cm³/mol. The van der Waals surface area contributed by atoms with Crippen molar-refractivity contribution in [2.45, 2.75) is 37.8 Å². The summed E-state index contributed by atoms with van der Waals surface area (Å²) in [5, 5.41) is 2.97. The van der Waals surface area contributed by atoms with Crippen molar-refractivity contribution in [1.29, 1.82) is 0 Å². The Kier molecular flexibility index (Phi) is 5.20. The Labute approximate surface area is 122 Å². The van der Waals surface area contributed by atoms with Crippen LogP contribution in [0.2, 0.25) is 0 Å². The van der Waals surface area contributed by atoms with E-state index in [1.165, 1.54) is 5.56 Å². The summed E-state index contributed by atoms with van der Waals surface area (Å²) in [5.74, 6) is -0.0119. The van der Waals surface area contributed by atoms with Crippen LogP contribution in [-0.4, -0.2) is 17.5 Å². The van der Waals surface area contributed by atoms with Gasteiger partial charge in [-0.15, -0.1) is 12.4 Å². The van der Waals surface area contributed by atoms with E-state index in [0.29, 0.717) is 0 Å². The van der Waals surface area contributed by atoms with Gasteiger partial charge in [-0.1, -0.05) is 28.1 Å². The summed E-state index contributed by atoms with van der Waals surface area (Å²) in [5.41, 5.74) is 6.47. The first-order valence-corrected chi connectivity index (χ1v) is 6.63. The Morgan fingerprint density at radius 2 is 2.00 bits per heavy atom. The SMILES string of the molecule is CC(Cc1ccc(Br)cc1)NC(=O)C1(N)CC1.Cl. The molecule has 1 aliphatic carbocycles. The summed E-state index contributed by atoms with van der Waals surface area (Å²) in [4.78, 5) is 11.7. The maximum Gasteiger partial charge on any atom is 0.240 e. The second kappa shape index (κ2) is 6.04. The summed E-state index contributed by atoms with van der Waals surface area (Å²) >= 11 is 3.40. The Morgan fingerprint density at radius 3 is 2.50 bits per heavy atom. The van der Waals surface area contributed by atoms with Crippen LogP contribution in [0.4, 0.5) is 0 Å². The molecule has 3 nitrogen and oxygen atoms in total. The van der Waals surface area contributed by atoms with Crippen molar-refractivity contribution in [2.24, 2.45) is 5.73 Å². The van der Waals surface area contributed by atoms with Gasteiger partial charge < -0.3 is 11.1 Å². The zero-order valence-electron chi connectivity index (χ0n) is 10.3. The monoisotopic (exact) mass is 332 g/mol. The topological polar surface area (TPSA) is 55.1 Å². The summed E-state index contributed by atoms with van der Waals surface area (Å²) in [6.45, 7) is 2.01. The van der Waals surface area contributed by atoms with Gasteiger partial charge in [-0.3, -0.25) is 4.79 Å². The van der Waals surface area contributed by atoms with Crippen molar-refractivity contribution >= 4 is 34.2 Å². The maximum absolute atomic E-state index is 11.7. The third kappa shape index (κ3) is 3.97. The fraction of sp³-hybridized carbons (Fsp3) is 0.462. The van der Waals surface area contributed by atoms with E-state index in [9.17, 15) is 4.79 Å². The lowest BCUT2D eigenvalue weighted by atomic mass is 10.1. The molecule has 0 heterocycles. The van der Waals surface area contributed by atoms with Gasteiger partial charge in [0.1, 0.15) is 0 Å². The van der Waals surface area contributed by atoms with Gasteiger partial charge in [0, 0.05) is 10.5 Å². The zero-order valence-corrected chi connectivity index (χ0v) is 12.7. The minimum atomic E-state index is -0.575. The van der Waals surface area contributed by atoms with E-state index in [4.69, 9.17) is 5.73 Å². The second-order valence-corrected chi connectivity index (χ2v) is 5.78. The quantitative estimate of drug-likeness (QED) is 0.889. The largest absolute Gasteiger partial charge is 0.352 e. The van der Waals surface area contributed by atoms with Gasteiger partial charge in [-0.05, 0) is 43.9 Å². The fourth-order valence-electron chi connectivity index (χ4n) is 1.75. The highest BCUT2D eigenvalue weighted by atomic mass is 79.9. The molecule has 0 radical (unpaired) electrons. The lowest BCUT2D eigenvalue weighted by Gasteiger charge is -2.17. The lowest BCUT2D eigenvalue weighted by Crippen LogP contribution is -2.46. The average molecular weight is 334 g/mol. The number of hydrogen-bond acceptors (Lipinski definition) is 2. The number of carbonyl (C=O) groups is 1. The van der Waals surface area contributed by atoms with Crippen LogP contribution < -0.4 is 11.1 Å². The molecule has 1 unspecified atom stereocenters. The van der Waals surface area contributed by atoms with Crippen LogP contribution in [0.1, 0.15) is 25.3 Å². The van der Waals surface area contributed by atoms with Crippen LogP contribution in [-0.2, 0) is 11.2 Å². The third-order valence-electron chi connectivity index (χ3n) is 3.07. The van der Waals surface area contributed by atoms with Gasteiger partial charge >= 0.3 is 0 Å². The highest BCUT2D eigenvalue weighted by Gasteiger charge is 2.46. The number of benzene rings is 1. The van der Waals surface area contributed by atoms with Crippen molar-refractivity contribution in [1.82, 2.24) is 5.32 Å². The van der Waals surface area contributed by atoms with Gasteiger partial charge in [0.05, 0.1) is 5.54 Å². The Morgan fingerprint density at radius 1 is 1.44 bits per heavy atom. The zero-order chi connectivity index (χ0) is 12.5. The Balaban J connectivity index is 0.00000162. The van der Waals surface area contributed by atoms with Gasteiger partial charge in [0.25, 0.3) is 0 Å². The van der Waals surface area contributed by atoms with Gasteiger partial charge in [-0.25, -0.2) is 0 Å². The standard InChI is InChI=1S/C13H17BrN2O.ClH/c1-9(16-12(17)13(15)6-7-13)8-10-2-4-11(14)5-3-10;/h2-5,9H,6-8,15H2,1H3,(H,16,17);1H. The van der Waals surface area contributed by atoms with E-state index >= 15 is 0 Å². The number of hydrogen-bond donors (Lipinski definition) is 2. The van der Waals surface area contributed by atoms with Crippen molar-refractivity contribution in [3.05, 3.63) is 34.3 Å². The number of amides is 1. The molecule has 5 heteroatoms. The normalized spacial score (nSPS) is 17.5. The van der Waals surface area contributed by atoms with E-state index in [1.54, 1.807) is 0 Å². The van der Waals surface area contributed by atoms with E-state index in [1.807, 2.05) is 19.1 Å². The molecule has 1 aromatic carbocycles. The van der Waals surface area contributed by atoms with Crippen LogP contribution in [0.15, 0.2) is 28.7 Å². The minimum Gasteiger partial charge on any atom is -0.352 e. The molecule has 1 amide bonds. The van der Waals surface area contributed by atoms with E-state index in [2.05, 4.69) is 33.4 Å². The molecule has 1 aliphatic rings. The molecule has 1 saturated carbocycles. The summed E-state index contributed by atoms with van der Waals surface area (Å²) in [6.07, 6.45) is 2.45. The van der Waals surface area contributed by atoms with Crippen molar-refractivity contribution in [3.8, 4) is 0 Å². The van der Waals surface area contributed by atoms with Crippen molar-refractivity contribution in [2.75, 3.05) is 0 Å². The smallest absolute Gasteiger partial charge is 0.240 e. The molecule has 1 fully saturated rings. The Hall–Kier alpha value is -0.580. The first-order chi connectivity index (χ1) is 7.99. The molecule has 18 heavy (non-hydrogen) atoms. The maximum atomic E-state index is 11.7. The molecular weight excluding hydrogens is 316 g/mol. The van der Waals surface area contributed by atoms with E-state index in [-0.39, 0.29) is 24.4 Å². The summed E-state index contributed by atoms with van der Waals surface area (Å²) in [7, 11) is 0. The molecule has 0 aromatic heterocycles. The second-order valence-electron chi connectivity index (χ2n) is 4.86. The van der Waals surface area contributed by atoms with Gasteiger partial charge in [0.2, 0.25) is 5.91 Å². The molecular formula is C13H18BrClN2O. The Bertz CT molecular complexity index is 418. The van der Waals surface area contributed by atoms with Crippen molar-refractivity contribution < 1.29 is 4.79 Å². The summed E-state index contributed by atoms with van der Waals surface area (Å²) in [6, 6.07) is 8.25. The van der Waals surface area contributed by atoms with E-state index in [0.717, 1.165) is 23.7 Å². The molecule has 100 valence electrons. The predicted octanol–water partition coefficient (Wildman–Crippen LogP) is 2.41. The third-order valence-corrected chi connectivity index (χ3v) is 3.60. The van der Waals surface area contributed by atoms with Crippen LogP contribution in [0, 0.1) is 0 Å². The number of nitrogens with two attached hydrogens (primary N) is 1. The van der Waals surface area contributed by atoms with Crippen LogP contribution >= 0.6 is 28.3 Å². The first kappa shape index (κ1) is 15.5. The summed E-state index contributed by atoms with van der Waals surface area (Å²) < 4.78 is 1.07. The number of halogens is 2. The molecule has 2 rings (SSSR count). The first-order valence-electron chi connectivity index (χ1n) is 5.84. The number of carbonyl (C=O) groups excluding carboxylic acids is 1. The van der Waals surface area contributed by atoms with E-state index < -0.39 is 5.54 Å². The fourth-order valence-corrected chi connectivity index (χ4v) is 2.02. The minimum absolute atomic E-state index is 0. The van der Waals surface area contributed by atoms with Crippen LogP contribution in [0.3, 0.4) is 0 Å². The van der Waals surface area contributed by atoms with Gasteiger partial charge in [-0.2, -0.15) is 0 Å².